The first kappa shape index (κ1) is 18.8. The van der Waals surface area contributed by atoms with E-state index in [1.165, 1.54) is 12.0 Å². The first-order chi connectivity index (χ1) is 15.8. The summed E-state index contributed by atoms with van der Waals surface area (Å²) in [6, 6.07) is 14.2. The maximum absolute atomic E-state index is 11.8. The van der Waals surface area contributed by atoms with Crippen LogP contribution < -0.4 is 20.9 Å². The highest BCUT2D eigenvalue weighted by atomic mass is 16.1. The standard InChI is InChI=1S/C23H22N8O/c32-23-19-6-1-15(11-16(19)12-26-23)20-13-25-21(22-27-14-28-31(20)22)29-17-2-4-18(5-3-17)30-9-7-24-8-10-30/h1-6,11,13-14,24H,7-10,12H2,(H,25,29)(H,26,32). The number of nitrogens with zero attached hydrogens (tertiary/aromatic N) is 5. The fourth-order valence-corrected chi connectivity index (χ4v) is 4.31. The highest BCUT2D eigenvalue weighted by Gasteiger charge is 2.20. The van der Waals surface area contributed by atoms with E-state index in [0.29, 0.717) is 18.0 Å². The van der Waals surface area contributed by atoms with Crippen LogP contribution in [0.1, 0.15) is 15.9 Å². The topological polar surface area (TPSA) is 99.5 Å². The molecule has 2 aliphatic rings. The molecule has 9 heteroatoms. The van der Waals surface area contributed by atoms with Crippen molar-refractivity contribution in [2.24, 2.45) is 0 Å². The number of anilines is 3. The van der Waals surface area contributed by atoms with Crippen LogP contribution in [-0.4, -0.2) is 51.7 Å². The molecule has 0 radical (unpaired) electrons. The van der Waals surface area contributed by atoms with Gasteiger partial charge in [-0.05, 0) is 42.0 Å². The maximum atomic E-state index is 11.8. The minimum atomic E-state index is -0.0295. The van der Waals surface area contributed by atoms with Gasteiger partial charge in [0.2, 0.25) is 0 Å². The third kappa shape index (κ3) is 3.23. The predicted octanol–water partition coefficient (Wildman–Crippen LogP) is 2.19. The number of rotatable bonds is 4. The molecular formula is C23H22N8O. The summed E-state index contributed by atoms with van der Waals surface area (Å²) in [5, 5.41) is 14.0. The lowest BCUT2D eigenvalue weighted by molar-refractivity contribution is 0.0966. The van der Waals surface area contributed by atoms with Crippen LogP contribution in [0, 0.1) is 0 Å². The Balaban J connectivity index is 1.29. The first-order valence-electron chi connectivity index (χ1n) is 10.7. The molecule has 0 aliphatic carbocycles. The zero-order chi connectivity index (χ0) is 21.5. The number of hydrogen-bond acceptors (Lipinski definition) is 7. The number of carbonyl (C=O) groups excluding carboxylic acids is 1. The monoisotopic (exact) mass is 426 g/mol. The summed E-state index contributed by atoms with van der Waals surface area (Å²) < 4.78 is 1.77. The third-order valence-corrected chi connectivity index (χ3v) is 6.00. The van der Waals surface area contributed by atoms with Gasteiger partial charge in [-0.1, -0.05) is 6.07 Å². The number of benzene rings is 2. The second-order valence-corrected chi connectivity index (χ2v) is 7.95. The molecule has 1 fully saturated rings. The van der Waals surface area contributed by atoms with Crippen molar-refractivity contribution in [3.8, 4) is 11.3 Å². The van der Waals surface area contributed by atoms with E-state index >= 15 is 0 Å². The van der Waals surface area contributed by atoms with Crippen molar-refractivity contribution >= 4 is 28.7 Å². The number of amides is 1. The van der Waals surface area contributed by atoms with E-state index in [-0.39, 0.29) is 5.91 Å². The van der Waals surface area contributed by atoms with Crippen LogP contribution in [0.25, 0.3) is 16.9 Å². The van der Waals surface area contributed by atoms with Crippen molar-refractivity contribution in [1.82, 2.24) is 30.2 Å². The van der Waals surface area contributed by atoms with Crippen LogP contribution in [-0.2, 0) is 6.54 Å². The van der Waals surface area contributed by atoms with E-state index < -0.39 is 0 Å². The molecule has 0 bridgehead atoms. The van der Waals surface area contributed by atoms with Crippen molar-refractivity contribution in [3.05, 3.63) is 66.1 Å². The number of piperazine rings is 1. The molecule has 6 rings (SSSR count). The van der Waals surface area contributed by atoms with Crippen LogP contribution in [0.5, 0.6) is 0 Å². The molecule has 1 saturated heterocycles. The average molecular weight is 426 g/mol. The Hall–Kier alpha value is -3.98. The minimum Gasteiger partial charge on any atom is -0.369 e. The van der Waals surface area contributed by atoms with Gasteiger partial charge in [-0.3, -0.25) is 4.79 Å². The molecule has 4 heterocycles. The van der Waals surface area contributed by atoms with Gasteiger partial charge in [-0.2, -0.15) is 5.10 Å². The van der Waals surface area contributed by atoms with Crippen molar-refractivity contribution in [2.45, 2.75) is 6.54 Å². The summed E-state index contributed by atoms with van der Waals surface area (Å²) in [5.74, 6) is 0.609. The fraction of sp³-hybridized carbons (Fsp3) is 0.217. The zero-order valence-electron chi connectivity index (χ0n) is 17.4. The lowest BCUT2D eigenvalue weighted by Crippen LogP contribution is -2.43. The Morgan fingerprint density at radius 1 is 1.00 bits per heavy atom. The second kappa shape index (κ2) is 7.61. The van der Waals surface area contributed by atoms with Gasteiger partial charge in [0.25, 0.3) is 5.91 Å². The number of carbonyl (C=O) groups is 1. The van der Waals surface area contributed by atoms with Gasteiger partial charge in [0, 0.05) is 55.2 Å². The molecule has 0 atom stereocenters. The summed E-state index contributed by atoms with van der Waals surface area (Å²) in [5.41, 5.74) is 6.26. The molecule has 0 unspecified atom stereocenters. The summed E-state index contributed by atoms with van der Waals surface area (Å²) >= 11 is 0. The molecule has 4 aromatic rings. The van der Waals surface area contributed by atoms with Crippen LogP contribution in [0.3, 0.4) is 0 Å². The molecule has 1 amide bonds. The smallest absolute Gasteiger partial charge is 0.251 e. The van der Waals surface area contributed by atoms with Crippen LogP contribution in [0.4, 0.5) is 17.2 Å². The van der Waals surface area contributed by atoms with Crippen LogP contribution in [0.15, 0.2) is 55.0 Å². The molecular weight excluding hydrogens is 404 g/mol. The van der Waals surface area contributed by atoms with Gasteiger partial charge < -0.3 is 20.9 Å². The minimum absolute atomic E-state index is 0.0295. The van der Waals surface area contributed by atoms with Gasteiger partial charge in [-0.15, -0.1) is 0 Å². The number of fused-ring (bicyclic) bond motifs is 2. The van der Waals surface area contributed by atoms with E-state index in [0.717, 1.165) is 54.3 Å². The highest BCUT2D eigenvalue weighted by Crippen LogP contribution is 2.28. The van der Waals surface area contributed by atoms with Crippen molar-refractivity contribution < 1.29 is 4.79 Å². The molecule has 160 valence electrons. The van der Waals surface area contributed by atoms with Crippen LogP contribution in [0.2, 0.25) is 0 Å². The first-order valence-corrected chi connectivity index (χ1v) is 10.7. The SMILES string of the molecule is O=C1NCc2cc(-c3cnc(Nc4ccc(N5CCNCC5)cc4)c4ncnn34)ccc21. The van der Waals surface area contributed by atoms with Crippen molar-refractivity contribution in [3.63, 3.8) is 0 Å². The van der Waals surface area contributed by atoms with Gasteiger partial charge in [0.05, 0.1) is 11.9 Å². The summed E-state index contributed by atoms with van der Waals surface area (Å²) in [7, 11) is 0. The molecule has 0 saturated carbocycles. The van der Waals surface area contributed by atoms with E-state index in [1.54, 1.807) is 10.7 Å². The summed E-state index contributed by atoms with van der Waals surface area (Å²) in [6.07, 6.45) is 3.31. The molecule has 2 aromatic carbocycles. The van der Waals surface area contributed by atoms with E-state index in [4.69, 9.17) is 0 Å². The Bertz CT molecular complexity index is 1310. The third-order valence-electron chi connectivity index (χ3n) is 6.00. The van der Waals surface area contributed by atoms with E-state index in [1.807, 2.05) is 18.2 Å². The van der Waals surface area contributed by atoms with E-state index in [9.17, 15) is 4.79 Å². The summed E-state index contributed by atoms with van der Waals surface area (Å²) in [6.45, 7) is 4.60. The number of nitrogens with one attached hydrogen (secondary N) is 3. The highest BCUT2D eigenvalue weighted by molar-refractivity contribution is 5.98. The zero-order valence-corrected chi connectivity index (χ0v) is 17.4. The Labute approximate surface area is 184 Å². The number of aromatic nitrogens is 4. The molecule has 2 aromatic heterocycles. The second-order valence-electron chi connectivity index (χ2n) is 7.95. The van der Waals surface area contributed by atoms with Crippen molar-refractivity contribution in [1.29, 1.82) is 0 Å². The van der Waals surface area contributed by atoms with Crippen molar-refractivity contribution in [2.75, 3.05) is 36.4 Å². The van der Waals surface area contributed by atoms with Gasteiger partial charge >= 0.3 is 0 Å². The molecule has 32 heavy (non-hydrogen) atoms. The molecule has 0 spiro atoms. The maximum Gasteiger partial charge on any atom is 0.251 e. The molecule has 3 N–H and O–H groups in total. The van der Waals surface area contributed by atoms with E-state index in [2.05, 4.69) is 60.2 Å². The van der Waals surface area contributed by atoms with Crippen LogP contribution >= 0.6 is 0 Å². The van der Waals surface area contributed by atoms with Gasteiger partial charge in [0.15, 0.2) is 11.5 Å². The lowest BCUT2D eigenvalue weighted by atomic mass is 10.0. The predicted molar refractivity (Wildman–Crippen MR) is 122 cm³/mol. The average Bonchev–Trinajstić information content (AvgIpc) is 3.48. The molecule has 9 nitrogen and oxygen atoms in total. The van der Waals surface area contributed by atoms with Gasteiger partial charge in [-0.25, -0.2) is 14.5 Å². The fourth-order valence-electron chi connectivity index (χ4n) is 4.31. The Morgan fingerprint density at radius 3 is 2.69 bits per heavy atom. The van der Waals surface area contributed by atoms with Gasteiger partial charge in [0.1, 0.15) is 6.33 Å². The Morgan fingerprint density at radius 2 is 1.84 bits per heavy atom. The molecule has 2 aliphatic heterocycles. The normalized spacial score (nSPS) is 15.6. The quantitative estimate of drug-likeness (QED) is 0.460. The largest absolute Gasteiger partial charge is 0.369 e. The summed E-state index contributed by atoms with van der Waals surface area (Å²) in [4.78, 5) is 23.3. The Kier molecular flexibility index (Phi) is 4.46. The lowest BCUT2D eigenvalue weighted by Gasteiger charge is -2.29. The number of hydrogen-bond donors (Lipinski definition) is 3.